The second-order valence-electron chi connectivity index (χ2n) is 4.73. The van der Waals surface area contributed by atoms with Crippen molar-refractivity contribution in [3.05, 3.63) is 33.8 Å². The Bertz CT molecular complexity index is 438. The lowest BCUT2D eigenvalue weighted by atomic mass is 9.77. The van der Waals surface area contributed by atoms with E-state index in [1.54, 1.807) is 13.3 Å². The standard InChI is InChI=1S/C14H18ClNO/c1-9-11(8-16-2)6-12(15)7-13(9)14(17)10-4-3-5-10/h6-8,10,14,17H,3-5H2,1-2H3. The molecule has 1 aromatic carbocycles. The van der Waals surface area contributed by atoms with Gasteiger partial charge in [0.1, 0.15) is 0 Å². The number of rotatable bonds is 3. The number of aliphatic imine (C=N–C) groups is 1. The molecular weight excluding hydrogens is 234 g/mol. The number of hydrogen-bond acceptors (Lipinski definition) is 2. The van der Waals surface area contributed by atoms with E-state index in [9.17, 15) is 5.11 Å². The lowest BCUT2D eigenvalue weighted by molar-refractivity contribution is 0.0616. The predicted octanol–water partition coefficient (Wildman–Crippen LogP) is 3.53. The minimum absolute atomic E-state index is 0.383. The zero-order chi connectivity index (χ0) is 12.4. The van der Waals surface area contributed by atoms with Crippen LogP contribution in [-0.4, -0.2) is 18.4 Å². The van der Waals surface area contributed by atoms with E-state index in [-0.39, 0.29) is 6.10 Å². The fourth-order valence-corrected chi connectivity index (χ4v) is 2.55. The highest BCUT2D eigenvalue weighted by atomic mass is 35.5. The van der Waals surface area contributed by atoms with Crippen LogP contribution in [0.15, 0.2) is 17.1 Å². The first-order valence-corrected chi connectivity index (χ1v) is 6.41. The van der Waals surface area contributed by atoms with E-state index >= 15 is 0 Å². The Hall–Kier alpha value is -0.860. The van der Waals surface area contributed by atoms with E-state index in [0.29, 0.717) is 10.9 Å². The van der Waals surface area contributed by atoms with Crippen LogP contribution in [0, 0.1) is 12.8 Å². The highest BCUT2D eigenvalue weighted by molar-refractivity contribution is 6.31. The Morgan fingerprint density at radius 2 is 2.18 bits per heavy atom. The van der Waals surface area contributed by atoms with Gasteiger partial charge in [-0.3, -0.25) is 4.99 Å². The van der Waals surface area contributed by atoms with Gasteiger partial charge in [0.15, 0.2) is 0 Å². The first-order valence-electron chi connectivity index (χ1n) is 6.03. The Balaban J connectivity index is 2.38. The van der Waals surface area contributed by atoms with E-state index in [2.05, 4.69) is 4.99 Å². The van der Waals surface area contributed by atoms with Crippen LogP contribution >= 0.6 is 11.6 Å². The van der Waals surface area contributed by atoms with Crippen LogP contribution in [0.25, 0.3) is 0 Å². The van der Waals surface area contributed by atoms with E-state index in [1.165, 1.54) is 6.42 Å². The second-order valence-corrected chi connectivity index (χ2v) is 5.17. The van der Waals surface area contributed by atoms with Crippen molar-refractivity contribution in [3.63, 3.8) is 0 Å². The van der Waals surface area contributed by atoms with Crippen LogP contribution in [0.4, 0.5) is 0 Å². The number of aliphatic hydroxyl groups excluding tert-OH is 1. The molecule has 3 heteroatoms. The number of aliphatic hydroxyl groups is 1. The summed E-state index contributed by atoms with van der Waals surface area (Å²) in [4.78, 5) is 4.02. The van der Waals surface area contributed by atoms with Crippen LogP contribution in [0.3, 0.4) is 0 Å². The van der Waals surface area contributed by atoms with Crippen LogP contribution < -0.4 is 0 Å². The van der Waals surface area contributed by atoms with Crippen molar-refractivity contribution < 1.29 is 5.11 Å². The summed E-state index contributed by atoms with van der Waals surface area (Å²) >= 11 is 6.09. The first kappa shape index (κ1) is 12.6. The molecule has 92 valence electrons. The third-order valence-corrected chi connectivity index (χ3v) is 3.85. The summed E-state index contributed by atoms with van der Waals surface area (Å²) in [5.41, 5.74) is 3.03. The molecule has 1 aliphatic rings. The lowest BCUT2D eigenvalue weighted by Gasteiger charge is -2.31. The quantitative estimate of drug-likeness (QED) is 0.819. The van der Waals surface area contributed by atoms with Gasteiger partial charge in [-0.25, -0.2) is 0 Å². The molecule has 0 heterocycles. The molecule has 0 bridgehead atoms. The van der Waals surface area contributed by atoms with Gasteiger partial charge < -0.3 is 5.11 Å². The fraction of sp³-hybridized carbons (Fsp3) is 0.500. The average molecular weight is 252 g/mol. The van der Waals surface area contributed by atoms with Gasteiger partial charge in [-0.1, -0.05) is 18.0 Å². The molecule has 1 N–H and O–H groups in total. The summed E-state index contributed by atoms with van der Waals surface area (Å²) in [5, 5.41) is 11.0. The maximum atomic E-state index is 10.3. The van der Waals surface area contributed by atoms with Gasteiger partial charge in [0, 0.05) is 18.3 Å². The van der Waals surface area contributed by atoms with Gasteiger partial charge >= 0.3 is 0 Å². The molecule has 0 radical (unpaired) electrons. The molecule has 0 amide bonds. The Kier molecular flexibility index (Phi) is 3.85. The SMILES string of the molecule is CN=Cc1cc(Cl)cc(C(O)C2CCC2)c1C. The molecule has 0 aromatic heterocycles. The van der Waals surface area contributed by atoms with E-state index in [0.717, 1.165) is 29.5 Å². The van der Waals surface area contributed by atoms with Gasteiger partial charge in [0.2, 0.25) is 0 Å². The maximum Gasteiger partial charge on any atom is 0.0821 e. The summed E-state index contributed by atoms with van der Waals surface area (Å²) in [7, 11) is 1.74. The van der Waals surface area contributed by atoms with Crippen molar-refractivity contribution in [2.75, 3.05) is 7.05 Å². The number of halogens is 1. The van der Waals surface area contributed by atoms with Gasteiger partial charge in [0.25, 0.3) is 0 Å². The van der Waals surface area contributed by atoms with Gasteiger partial charge in [-0.15, -0.1) is 0 Å². The molecule has 1 unspecified atom stereocenters. The molecule has 0 saturated heterocycles. The summed E-state index contributed by atoms with van der Waals surface area (Å²) in [6, 6.07) is 3.77. The van der Waals surface area contributed by atoms with Crippen LogP contribution in [0.5, 0.6) is 0 Å². The van der Waals surface area contributed by atoms with Crippen molar-refractivity contribution in [1.82, 2.24) is 0 Å². The Labute approximate surface area is 107 Å². The van der Waals surface area contributed by atoms with Crippen molar-refractivity contribution >= 4 is 17.8 Å². The third-order valence-electron chi connectivity index (χ3n) is 3.64. The summed E-state index contributed by atoms with van der Waals surface area (Å²) < 4.78 is 0. The van der Waals surface area contributed by atoms with Crippen LogP contribution in [-0.2, 0) is 0 Å². The summed E-state index contributed by atoms with van der Waals surface area (Å²) in [6.45, 7) is 2.02. The van der Waals surface area contributed by atoms with E-state index in [1.807, 2.05) is 19.1 Å². The van der Waals surface area contributed by atoms with Crippen LogP contribution in [0.1, 0.15) is 42.1 Å². The molecule has 2 nitrogen and oxygen atoms in total. The molecule has 1 saturated carbocycles. The molecule has 1 fully saturated rings. The van der Waals surface area contributed by atoms with Crippen molar-refractivity contribution in [1.29, 1.82) is 0 Å². The smallest absolute Gasteiger partial charge is 0.0821 e. The average Bonchev–Trinajstić information content (AvgIpc) is 2.20. The van der Waals surface area contributed by atoms with E-state index < -0.39 is 0 Å². The van der Waals surface area contributed by atoms with Crippen molar-refractivity contribution in [3.8, 4) is 0 Å². The lowest BCUT2D eigenvalue weighted by Crippen LogP contribution is -2.21. The number of nitrogens with zero attached hydrogens (tertiary/aromatic N) is 1. The molecule has 1 aromatic rings. The van der Waals surface area contributed by atoms with Crippen LogP contribution in [0.2, 0.25) is 5.02 Å². The van der Waals surface area contributed by atoms with Gasteiger partial charge in [0.05, 0.1) is 6.10 Å². The van der Waals surface area contributed by atoms with E-state index in [4.69, 9.17) is 11.6 Å². The fourth-order valence-electron chi connectivity index (χ4n) is 2.31. The van der Waals surface area contributed by atoms with Crippen molar-refractivity contribution in [2.45, 2.75) is 32.3 Å². The number of hydrogen-bond donors (Lipinski definition) is 1. The van der Waals surface area contributed by atoms with Crippen molar-refractivity contribution in [2.24, 2.45) is 10.9 Å². The molecule has 0 spiro atoms. The highest BCUT2D eigenvalue weighted by Crippen LogP contribution is 2.39. The van der Waals surface area contributed by atoms with Gasteiger partial charge in [-0.2, -0.15) is 0 Å². The second kappa shape index (κ2) is 5.19. The molecular formula is C14H18ClNO. The predicted molar refractivity (Wildman–Crippen MR) is 72.0 cm³/mol. The molecule has 0 aliphatic heterocycles. The zero-order valence-corrected chi connectivity index (χ0v) is 11.0. The molecule has 1 atom stereocenters. The third kappa shape index (κ3) is 2.53. The Morgan fingerprint density at radius 1 is 1.47 bits per heavy atom. The maximum absolute atomic E-state index is 10.3. The largest absolute Gasteiger partial charge is 0.388 e. The first-order chi connectivity index (χ1) is 8.13. The highest BCUT2D eigenvalue weighted by Gasteiger charge is 2.28. The monoisotopic (exact) mass is 251 g/mol. The summed E-state index contributed by atoms with van der Waals surface area (Å²) in [6.07, 6.45) is 4.86. The molecule has 2 rings (SSSR count). The topological polar surface area (TPSA) is 32.6 Å². The normalized spacial score (nSPS) is 18.4. The van der Waals surface area contributed by atoms with Gasteiger partial charge in [-0.05, 0) is 54.5 Å². The number of benzene rings is 1. The molecule has 1 aliphatic carbocycles. The Morgan fingerprint density at radius 3 is 2.71 bits per heavy atom. The minimum Gasteiger partial charge on any atom is -0.388 e. The molecule has 17 heavy (non-hydrogen) atoms. The summed E-state index contributed by atoms with van der Waals surface area (Å²) in [5.74, 6) is 0.401. The minimum atomic E-state index is -0.383. The zero-order valence-electron chi connectivity index (χ0n) is 10.3.